The molecular formula is C39H43N4O12S2+. The summed E-state index contributed by atoms with van der Waals surface area (Å²) in [7, 11) is -3.87. The van der Waals surface area contributed by atoms with Crippen molar-refractivity contribution in [2.24, 2.45) is 0 Å². The van der Waals surface area contributed by atoms with Gasteiger partial charge in [0.2, 0.25) is 28.0 Å². The molecule has 3 aliphatic heterocycles. The summed E-state index contributed by atoms with van der Waals surface area (Å²) in [6, 6.07) is 12.9. The van der Waals surface area contributed by atoms with Crippen LogP contribution in [0.15, 0.2) is 82.1 Å². The Bertz CT molecular complexity index is 2290. The summed E-state index contributed by atoms with van der Waals surface area (Å²) in [6.07, 6.45) is 5.89. The maximum atomic E-state index is 14.0. The molecule has 0 unspecified atom stereocenters. The summed E-state index contributed by atoms with van der Waals surface area (Å²) in [5.41, 5.74) is 3.13. The zero-order valence-corrected chi connectivity index (χ0v) is 33.6. The number of rotatable bonds is 15. The van der Waals surface area contributed by atoms with Crippen molar-refractivity contribution in [3.63, 3.8) is 0 Å². The topological polar surface area (TPSA) is 209 Å². The van der Waals surface area contributed by atoms with E-state index in [1.807, 2.05) is 56.7 Å². The monoisotopic (exact) mass is 823 g/mol. The summed E-state index contributed by atoms with van der Waals surface area (Å²) in [6.45, 7) is 7.88. The zero-order chi connectivity index (χ0) is 41.4. The number of carbonyl (C=O) groups is 5. The zero-order valence-electron chi connectivity index (χ0n) is 32.0. The predicted octanol–water partition coefficient (Wildman–Crippen LogP) is 4.74. The van der Waals surface area contributed by atoms with Gasteiger partial charge < -0.3 is 14.8 Å². The van der Waals surface area contributed by atoms with Crippen molar-refractivity contribution in [2.75, 3.05) is 24.2 Å². The molecule has 0 spiro atoms. The lowest BCUT2D eigenvalue weighted by atomic mass is 9.77. The summed E-state index contributed by atoms with van der Waals surface area (Å²) >= 11 is 0.739. The van der Waals surface area contributed by atoms with Crippen LogP contribution in [0.4, 0.5) is 11.4 Å². The number of para-hydroxylation sites is 1. The van der Waals surface area contributed by atoms with Crippen molar-refractivity contribution in [1.82, 2.24) is 9.79 Å². The fourth-order valence-electron chi connectivity index (χ4n) is 7.62. The average molecular weight is 824 g/mol. The number of anilines is 1. The van der Waals surface area contributed by atoms with E-state index in [4.69, 9.17) is 10.1 Å². The average Bonchev–Trinajstić information content (AvgIpc) is 3.65. The smallest absolute Gasteiger partial charge is 0.333 e. The Balaban J connectivity index is 1.26. The number of amides is 3. The maximum absolute atomic E-state index is 14.0. The van der Waals surface area contributed by atoms with Gasteiger partial charge in [0.25, 0.3) is 17.7 Å². The van der Waals surface area contributed by atoms with Crippen LogP contribution >= 0.6 is 12.0 Å². The quantitative estimate of drug-likeness (QED) is 0.0422. The van der Waals surface area contributed by atoms with Gasteiger partial charge in [-0.2, -0.15) is 4.58 Å². The van der Waals surface area contributed by atoms with Gasteiger partial charge in [-0.15, -0.1) is 9.40 Å². The number of nitrogens with zero attached hydrogens (tertiary/aromatic N) is 3. The Morgan fingerprint density at radius 2 is 1.67 bits per heavy atom. The number of carbonyl (C=O) groups excluding carboxylic acids is 5. The first-order valence-electron chi connectivity index (χ1n) is 18.2. The Hall–Kier alpha value is -5.14. The first-order chi connectivity index (χ1) is 26.8. The van der Waals surface area contributed by atoms with E-state index in [1.54, 1.807) is 28.9 Å². The second-order valence-electron chi connectivity index (χ2n) is 15.1. The van der Waals surface area contributed by atoms with Crippen LogP contribution in [0.5, 0.6) is 0 Å². The first-order valence-corrected chi connectivity index (χ1v) is 20.8. The van der Waals surface area contributed by atoms with Crippen LogP contribution in [0.1, 0.15) is 77.3 Å². The van der Waals surface area contributed by atoms with E-state index in [1.165, 1.54) is 6.08 Å². The second-order valence-corrected chi connectivity index (χ2v) is 17.6. The number of unbranched alkanes of at least 4 members (excludes halogenated alkanes) is 2. The highest BCUT2D eigenvalue weighted by Gasteiger charge is 2.48. The highest BCUT2D eigenvalue weighted by Crippen LogP contribution is 2.49. The summed E-state index contributed by atoms with van der Waals surface area (Å²) < 4.78 is 31.9. The van der Waals surface area contributed by atoms with Crippen LogP contribution in [0.3, 0.4) is 0 Å². The number of aliphatic hydroxyl groups is 1. The number of sulfonamides is 1. The van der Waals surface area contributed by atoms with Gasteiger partial charge in [-0.1, -0.05) is 43.5 Å². The Labute approximate surface area is 333 Å². The highest BCUT2D eigenvalue weighted by molar-refractivity contribution is 7.94. The van der Waals surface area contributed by atoms with Gasteiger partial charge in [0, 0.05) is 65.2 Å². The summed E-state index contributed by atoms with van der Waals surface area (Å²) in [5, 5.41) is 24.4. The molecule has 2 aromatic carbocycles. The highest BCUT2D eigenvalue weighted by atomic mass is 32.2. The van der Waals surface area contributed by atoms with E-state index in [0.29, 0.717) is 52.7 Å². The standard InChI is InChI=1S/C39H42N4O12S2/c1-38(2)26-11-8-9-12-28(26)41(18-10-6-7-13-35(47)53-43-33(45)16-17-34(43)46)30(38)20-24-36(48)25(37(24)49)21-31-39(3,4)27-19-23(56-55-54-50)14-15-29(27)42(31)22-32(44)40-57(5,51)52/h8-9,11-12,14-15,19-21H,6-7,10,13,16-18,22H2,1-5H3,(H2-,40,44,48,49,50)/p+1. The van der Waals surface area contributed by atoms with Crippen molar-refractivity contribution in [1.29, 1.82) is 0 Å². The van der Waals surface area contributed by atoms with Crippen molar-refractivity contribution in [2.45, 2.75) is 81.9 Å². The molecule has 16 nitrogen and oxygen atoms in total. The molecule has 1 saturated heterocycles. The third-order valence-electron chi connectivity index (χ3n) is 10.4. The van der Waals surface area contributed by atoms with Gasteiger partial charge in [-0.3, -0.25) is 19.2 Å². The Morgan fingerprint density at radius 3 is 2.33 bits per heavy atom. The molecule has 18 heteroatoms. The molecule has 0 bridgehead atoms. The number of ketones is 1. The lowest BCUT2D eigenvalue weighted by molar-refractivity contribution is -0.432. The molecule has 0 saturated carbocycles. The molecule has 2 aromatic rings. The van der Waals surface area contributed by atoms with E-state index in [-0.39, 0.29) is 36.2 Å². The van der Waals surface area contributed by atoms with Crippen molar-refractivity contribution in [3.8, 4) is 0 Å². The molecule has 3 heterocycles. The van der Waals surface area contributed by atoms with Crippen LogP contribution < -0.4 is 9.62 Å². The van der Waals surface area contributed by atoms with E-state index in [9.17, 15) is 37.5 Å². The van der Waals surface area contributed by atoms with Gasteiger partial charge in [0.1, 0.15) is 5.76 Å². The number of allylic oxidation sites excluding steroid dienone is 5. The summed E-state index contributed by atoms with van der Waals surface area (Å²) in [5.74, 6) is -3.19. The molecule has 0 radical (unpaired) electrons. The lowest BCUT2D eigenvalue weighted by Gasteiger charge is -2.29. The van der Waals surface area contributed by atoms with Crippen molar-refractivity contribution < 1.29 is 61.5 Å². The number of imide groups is 1. The van der Waals surface area contributed by atoms with E-state index in [2.05, 4.69) is 14.3 Å². The fraction of sp³-hybridized carbons (Fsp3) is 0.385. The number of nitrogens with one attached hydrogen (secondary N) is 1. The predicted molar refractivity (Wildman–Crippen MR) is 206 cm³/mol. The minimum absolute atomic E-state index is 0.0157. The van der Waals surface area contributed by atoms with Gasteiger partial charge in [-0.05, 0) is 56.5 Å². The molecule has 0 aromatic heterocycles. The largest absolute Gasteiger partial charge is 0.506 e. The van der Waals surface area contributed by atoms with Gasteiger partial charge >= 0.3 is 5.97 Å². The molecule has 1 fully saturated rings. The Morgan fingerprint density at radius 1 is 0.965 bits per heavy atom. The molecule has 302 valence electrons. The number of fused-ring (bicyclic) bond motifs is 2. The van der Waals surface area contributed by atoms with Gasteiger partial charge in [-0.25, -0.2) is 23.2 Å². The normalized spacial score (nSPS) is 19.8. The van der Waals surface area contributed by atoms with E-state index >= 15 is 0 Å². The van der Waals surface area contributed by atoms with Crippen LogP contribution in [0, 0.1) is 0 Å². The van der Waals surface area contributed by atoms with Gasteiger partial charge in [0.05, 0.1) is 34.9 Å². The van der Waals surface area contributed by atoms with Crippen LogP contribution in [0.2, 0.25) is 0 Å². The lowest BCUT2D eigenvalue weighted by Crippen LogP contribution is -2.37. The molecule has 57 heavy (non-hydrogen) atoms. The van der Waals surface area contributed by atoms with E-state index < -0.39 is 56.9 Å². The summed E-state index contributed by atoms with van der Waals surface area (Å²) in [4.78, 5) is 70.4. The maximum Gasteiger partial charge on any atom is 0.333 e. The number of aliphatic hydroxyl groups excluding tert-OH is 1. The minimum atomic E-state index is -3.87. The molecule has 1 aliphatic carbocycles. The third kappa shape index (κ3) is 8.31. The van der Waals surface area contributed by atoms with Crippen molar-refractivity contribution >= 4 is 68.6 Å². The molecule has 0 atom stereocenters. The molecule has 6 rings (SSSR count). The minimum Gasteiger partial charge on any atom is -0.506 e. The molecule has 3 N–H and O–H groups in total. The van der Waals surface area contributed by atoms with Crippen LogP contribution in [0.25, 0.3) is 0 Å². The SMILES string of the molecule is CC1(C)C(=CC2=C(O)C(=CC3=[N+](CC(=O)NS(C)(=O)=O)c4ccc(SOOO)cc4C3(C)C)C2=O)N(CCCCCC(=O)ON2C(=O)CCC2=O)c2ccccc21. The first kappa shape index (κ1) is 41.5. The van der Waals surface area contributed by atoms with Crippen LogP contribution in [-0.2, 0) is 59.0 Å². The molecule has 3 amide bonds. The van der Waals surface area contributed by atoms with Crippen molar-refractivity contribution in [3.05, 3.63) is 88.3 Å². The number of hydrogen-bond donors (Lipinski definition) is 3. The third-order valence-corrected chi connectivity index (χ3v) is 11.6. The number of benzene rings is 2. The fourth-order valence-corrected chi connectivity index (χ4v) is 8.50. The molecular weight excluding hydrogens is 781 g/mol. The van der Waals surface area contributed by atoms with Crippen LogP contribution in [-0.4, -0.2) is 83.0 Å². The van der Waals surface area contributed by atoms with Gasteiger partial charge in [0.15, 0.2) is 5.71 Å². The number of Topliss-reactive ketones (excluding diaryl/α,β-unsaturated/α-hetero) is 1. The second kappa shape index (κ2) is 16.0. The number of hydrogen-bond acceptors (Lipinski definition) is 14. The molecule has 4 aliphatic rings. The number of hydroxylamine groups is 2. The Kier molecular flexibility index (Phi) is 11.7. The van der Waals surface area contributed by atoms with E-state index in [0.717, 1.165) is 35.2 Å².